The van der Waals surface area contributed by atoms with Gasteiger partial charge in [-0.05, 0) is 42.5 Å². The van der Waals surface area contributed by atoms with Gasteiger partial charge in [-0.15, -0.1) is 5.10 Å². The van der Waals surface area contributed by atoms with E-state index >= 15 is 0 Å². The van der Waals surface area contributed by atoms with Crippen molar-refractivity contribution in [3.05, 3.63) is 68.6 Å². The number of halogens is 5. The fraction of sp³-hybridized carbons (Fsp3) is 0.286. The lowest BCUT2D eigenvalue weighted by Crippen LogP contribution is -2.43. The number of hydrogen-bond donors (Lipinski definition) is 0. The van der Waals surface area contributed by atoms with Crippen molar-refractivity contribution >= 4 is 29.1 Å². The van der Waals surface area contributed by atoms with Crippen molar-refractivity contribution in [3.63, 3.8) is 0 Å². The highest BCUT2D eigenvalue weighted by molar-refractivity contribution is 6.36. The predicted octanol–water partition coefficient (Wildman–Crippen LogP) is 3.89. The van der Waals surface area contributed by atoms with E-state index in [-0.39, 0.29) is 29.0 Å². The van der Waals surface area contributed by atoms with Crippen molar-refractivity contribution in [1.29, 1.82) is 0 Å². The topological polar surface area (TPSA) is 69.4 Å². The van der Waals surface area contributed by atoms with Crippen molar-refractivity contribution in [3.8, 4) is 17.1 Å². The van der Waals surface area contributed by atoms with Gasteiger partial charge in [0.1, 0.15) is 6.54 Å². The first kappa shape index (κ1) is 23.3. The third kappa shape index (κ3) is 4.92. The number of alkyl halides is 3. The molecule has 1 amide bonds. The molecule has 0 unspecified atom stereocenters. The van der Waals surface area contributed by atoms with E-state index in [9.17, 15) is 22.8 Å². The highest BCUT2D eigenvalue weighted by Gasteiger charge is 2.30. The number of carbonyl (C=O) groups excluding carboxylic acids is 1. The molecule has 0 bridgehead atoms. The van der Waals surface area contributed by atoms with Crippen LogP contribution in [0.5, 0.6) is 0 Å². The van der Waals surface area contributed by atoms with Gasteiger partial charge < -0.3 is 9.64 Å². The molecule has 12 heteroatoms. The van der Waals surface area contributed by atoms with Crippen LogP contribution in [0.3, 0.4) is 0 Å². The average Bonchev–Trinajstić information content (AvgIpc) is 3.09. The number of nitrogens with zero attached hydrogens (tertiary/aromatic N) is 4. The normalized spacial score (nSPS) is 14.5. The lowest BCUT2D eigenvalue weighted by Gasteiger charge is -2.26. The zero-order chi connectivity index (χ0) is 23.8. The standard InChI is InChI=1S/C21H17Cl2F3N4O3/c22-14-3-6-16(17(23)11-14)19-27-29(12-18(31)28-7-9-33-10-8-28)20(32)30(19)15-4-1-13(2-5-15)21(24,25)26/h1-6,11H,7-10,12H2. The summed E-state index contributed by atoms with van der Waals surface area (Å²) in [6, 6.07) is 8.60. The fourth-order valence-corrected chi connectivity index (χ4v) is 3.92. The first-order valence-corrected chi connectivity index (χ1v) is 10.6. The Morgan fingerprint density at radius 3 is 2.33 bits per heavy atom. The molecular weight excluding hydrogens is 484 g/mol. The third-order valence-electron chi connectivity index (χ3n) is 5.11. The Kier molecular flexibility index (Phi) is 6.51. The Morgan fingerprint density at radius 1 is 1.06 bits per heavy atom. The molecule has 1 aromatic heterocycles. The molecule has 0 radical (unpaired) electrons. The maximum absolute atomic E-state index is 13.2. The van der Waals surface area contributed by atoms with Crippen LogP contribution in [0, 0.1) is 0 Å². The number of ether oxygens (including phenoxy) is 1. The summed E-state index contributed by atoms with van der Waals surface area (Å²) in [5, 5.41) is 4.83. The van der Waals surface area contributed by atoms with Crippen molar-refractivity contribution in [2.24, 2.45) is 0 Å². The number of amides is 1. The first-order valence-electron chi connectivity index (χ1n) is 9.83. The molecule has 7 nitrogen and oxygen atoms in total. The Bertz CT molecular complexity index is 1230. The lowest BCUT2D eigenvalue weighted by atomic mass is 10.1. The quantitative estimate of drug-likeness (QED) is 0.544. The molecule has 2 aromatic carbocycles. The van der Waals surface area contributed by atoms with Crippen molar-refractivity contribution < 1.29 is 22.7 Å². The summed E-state index contributed by atoms with van der Waals surface area (Å²) in [5.74, 6) is -0.262. The molecule has 0 saturated carbocycles. The molecule has 3 aromatic rings. The maximum atomic E-state index is 13.2. The zero-order valence-electron chi connectivity index (χ0n) is 17.0. The smallest absolute Gasteiger partial charge is 0.378 e. The van der Waals surface area contributed by atoms with E-state index in [1.807, 2.05) is 0 Å². The van der Waals surface area contributed by atoms with Crippen molar-refractivity contribution in [1.82, 2.24) is 19.2 Å². The van der Waals surface area contributed by atoms with E-state index in [2.05, 4.69) is 5.10 Å². The molecule has 33 heavy (non-hydrogen) atoms. The van der Waals surface area contributed by atoms with Crippen LogP contribution in [0.1, 0.15) is 5.56 Å². The van der Waals surface area contributed by atoms with Crippen LogP contribution in [0.15, 0.2) is 47.3 Å². The van der Waals surface area contributed by atoms with Gasteiger partial charge in [-0.25, -0.2) is 14.0 Å². The maximum Gasteiger partial charge on any atom is 0.416 e. The highest BCUT2D eigenvalue weighted by Crippen LogP contribution is 2.32. The van der Waals surface area contributed by atoms with Crippen LogP contribution in [-0.2, 0) is 22.3 Å². The number of benzene rings is 2. The second-order valence-corrected chi connectivity index (χ2v) is 8.10. The van der Waals surface area contributed by atoms with E-state index in [1.165, 1.54) is 6.07 Å². The number of morpholine rings is 1. The molecule has 0 aliphatic carbocycles. The largest absolute Gasteiger partial charge is 0.416 e. The fourth-order valence-electron chi connectivity index (χ4n) is 3.43. The Balaban J connectivity index is 1.79. The van der Waals surface area contributed by atoms with E-state index < -0.39 is 17.4 Å². The monoisotopic (exact) mass is 500 g/mol. The van der Waals surface area contributed by atoms with Gasteiger partial charge in [0.2, 0.25) is 5.91 Å². The molecule has 1 aliphatic heterocycles. The number of aromatic nitrogens is 3. The number of carbonyl (C=O) groups is 1. The molecule has 1 aliphatic rings. The Morgan fingerprint density at radius 2 is 1.73 bits per heavy atom. The lowest BCUT2D eigenvalue weighted by molar-refractivity contribution is -0.137. The van der Waals surface area contributed by atoms with Crippen molar-refractivity contribution in [2.45, 2.75) is 12.7 Å². The van der Waals surface area contributed by atoms with Gasteiger partial charge in [0.25, 0.3) is 0 Å². The summed E-state index contributed by atoms with van der Waals surface area (Å²) in [5.41, 5.74) is -1.09. The van der Waals surface area contributed by atoms with E-state index in [0.717, 1.165) is 33.5 Å². The van der Waals surface area contributed by atoms with Crippen LogP contribution in [0.2, 0.25) is 10.0 Å². The van der Waals surface area contributed by atoms with Gasteiger partial charge in [-0.2, -0.15) is 13.2 Å². The van der Waals surface area contributed by atoms with Crippen LogP contribution in [0.25, 0.3) is 17.1 Å². The van der Waals surface area contributed by atoms with Crippen LogP contribution in [0.4, 0.5) is 13.2 Å². The summed E-state index contributed by atoms with van der Waals surface area (Å²) in [6.45, 7) is 1.23. The van der Waals surface area contributed by atoms with Crippen LogP contribution in [-0.4, -0.2) is 51.5 Å². The van der Waals surface area contributed by atoms with Gasteiger partial charge in [-0.1, -0.05) is 23.2 Å². The van der Waals surface area contributed by atoms with Gasteiger partial charge in [0.05, 0.1) is 29.5 Å². The minimum absolute atomic E-state index is 0.0659. The molecule has 0 spiro atoms. The van der Waals surface area contributed by atoms with Gasteiger partial charge in [0.15, 0.2) is 5.82 Å². The number of hydrogen-bond acceptors (Lipinski definition) is 4. The third-order valence-corrected chi connectivity index (χ3v) is 5.66. The minimum Gasteiger partial charge on any atom is -0.378 e. The molecule has 1 fully saturated rings. The van der Waals surface area contributed by atoms with Gasteiger partial charge in [-0.3, -0.25) is 4.79 Å². The highest BCUT2D eigenvalue weighted by atomic mass is 35.5. The van der Waals surface area contributed by atoms with Crippen LogP contribution >= 0.6 is 23.2 Å². The molecule has 2 heterocycles. The van der Waals surface area contributed by atoms with Crippen molar-refractivity contribution in [2.75, 3.05) is 26.3 Å². The Hall–Kier alpha value is -2.82. The molecule has 0 atom stereocenters. The summed E-state index contributed by atoms with van der Waals surface area (Å²) < 4.78 is 46.3. The van der Waals surface area contributed by atoms with E-state index in [1.54, 1.807) is 17.0 Å². The zero-order valence-corrected chi connectivity index (χ0v) is 18.5. The van der Waals surface area contributed by atoms with E-state index in [4.69, 9.17) is 27.9 Å². The molecule has 174 valence electrons. The second kappa shape index (κ2) is 9.20. The molecule has 0 N–H and O–H groups in total. The van der Waals surface area contributed by atoms with E-state index in [0.29, 0.717) is 36.9 Å². The minimum atomic E-state index is -4.53. The summed E-state index contributed by atoms with van der Waals surface area (Å²) in [4.78, 5) is 27.4. The summed E-state index contributed by atoms with van der Waals surface area (Å²) in [6.07, 6.45) is -4.53. The summed E-state index contributed by atoms with van der Waals surface area (Å²) in [7, 11) is 0. The predicted molar refractivity (Wildman–Crippen MR) is 116 cm³/mol. The average molecular weight is 501 g/mol. The Labute approximate surface area is 195 Å². The van der Waals surface area contributed by atoms with Gasteiger partial charge in [0, 0.05) is 23.7 Å². The van der Waals surface area contributed by atoms with Crippen LogP contribution < -0.4 is 5.69 Å². The first-order chi connectivity index (χ1) is 15.6. The summed E-state index contributed by atoms with van der Waals surface area (Å²) >= 11 is 12.3. The second-order valence-electron chi connectivity index (χ2n) is 7.26. The molecule has 1 saturated heterocycles. The SMILES string of the molecule is O=C(Cn1nc(-c2ccc(Cl)cc2Cl)n(-c2ccc(C(F)(F)F)cc2)c1=O)N1CCOCC1. The van der Waals surface area contributed by atoms with Gasteiger partial charge >= 0.3 is 11.9 Å². The molecule has 4 rings (SSSR count). The number of rotatable bonds is 4. The molecular formula is C21H17Cl2F3N4O3.